The molecule has 0 radical (unpaired) electrons. The molecule has 0 unspecified atom stereocenters. The molecule has 5 rings (SSSR count). The smallest absolute Gasteiger partial charge is 0.410 e. The van der Waals surface area contributed by atoms with Crippen LogP contribution in [0.1, 0.15) is 54.6 Å². The van der Waals surface area contributed by atoms with Crippen LogP contribution < -0.4 is 10.1 Å². The van der Waals surface area contributed by atoms with E-state index in [4.69, 9.17) is 14.2 Å². The molecule has 3 aromatic rings. The molecular weight excluding hydrogens is 574 g/mol. The lowest BCUT2D eigenvalue weighted by Crippen LogP contribution is -2.50. The number of rotatable bonds is 3. The lowest BCUT2D eigenvalue weighted by Gasteiger charge is -2.35. The highest BCUT2D eigenvalue weighted by molar-refractivity contribution is 7.13. The van der Waals surface area contributed by atoms with Crippen LogP contribution in [0, 0.1) is 0 Å². The molecule has 1 saturated heterocycles. The minimum absolute atomic E-state index is 0.181. The molecule has 3 aromatic heterocycles. The molecule has 14 heteroatoms. The number of thiazole rings is 1. The summed E-state index contributed by atoms with van der Waals surface area (Å²) >= 11 is 1.33. The van der Waals surface area contributed by atoms with E-state index in [1.165, 1.54) is 11.3 Å². The van der Waals surface area contributed by atoms with Crippen LogP contribution in [0.25, 0.3) is 10.6 Å². The fourth-order valence-corrected chi connectivity index (χ4v) is 5.43. The van der Waals surface area contributed by atoms with Gasteiger partial charge in [0.05, 0.1) is 18.8 Å². The monoisotopic (exact) mass is 611 g/mol. The summed E-state index contributed by atoms with van der Waals surface area (Å²) in [5.74, 6) is -0.163. The van der Waals surface area contributed by atoms with Gasteiger partial charge in [0.2, 0.25) is 5.88 Å². The van der Waals surface area contributed by atoms with Gasteiger partial charge >= 0.3 is 6.09 Å². The van der Waals surface area contributed by atoms with Crippen molar-refractivity contribution in [3.05, 3.63) is 41.3 Å². The van der Waals surface area contributed by atoms with Crippen molar-refractivity contribution in [3.8, 4) is 16.5 Å². The first-order chi connectivity index (χ1) is 20.6. The zero-order valence-electron chi connectivity index (χ0n) is 24.7. The number of pyridine rings is 1. The van der Waals surface area contributed by atoms with Crippen molar-refractivity contribution in [1.82, 2.24) is 29.5 Å². The minimum Gasteiger partial charge on any atom is -0.475 e. The van der Waals surface area contributed by atoms with Gasteiger partial charge in [0, 0.05) is 75.2 Å². The minimum atomic E-state index is -0.530. The third kappa shape index (κ3) is 8.36. The first-order valence-corrected chi connectivity index (χ1v) is 15.3. The number of fused-ring (bicyclic) bond motifs is 6. The number of carbonyl (C=O) groups is 3. The number of amides is 2. The average molecular weight is 612 g/mol. The number of Topliss-reactive ketones (excluding diaryl/α,β-unsaturated/α-hetero) is 1. The predicted octanol–water partition coefficient (Wildman–Crippen LogP) is 3.58. The molecular formula is C29H37N7O6S. The molecule has 230 valence electrons. The Bertz CT molecular complexity index is 1440. The van der Waals surface area contributed by atoms with Gasteiger partial charge in [-0.05, 0) is 33.3 Å². The van der Waals surface area contributed by atoms with E-state index in [-0.39, 0.29) is 29.7 Å². The van der Waals surface area contributed by atoms with Crippen LogP contribution >= 0.6 is 11.3 Å². The zero-order valence-corrected chi connectivity index (χ0v) is 25.5. The van der Waals surface area contributed by atoms with E-state index in [1.54, 1.807) is 39.5 Å². The summed E-state index contributed by atoms with van der Waals surface area (Å²) in [4.78, 5) is 51.4. The summed E-state index contributed by atoms with van der Waals surface area (Å²) in [5, 5.41) is 9.73. The Hall–Kier alpha value is -3.88. The molecule has 4 bridgehead atoms. The van der Waals surface area contributed by atoms with Gasteiger partial charge in [-0.1, -0.05) is 0 Å². The molecule has 43 heavy (non-hydrogen) atoms. The molecule has 13 nitrogen and oxygen atoms in total. The standard InChI is InChI=1S/C29H37N7O6S/c1-29(2,3)42-28(39)35-11-8-34(9-12-35)10-13-36-18-21-25(33-36)23(37)5-4-14-40-15-16-41-24-17-20(6-7-30-24)27-32-22(19-43-27)26(38)31-21/h6-7,17-19H,4-5,8-16H2,1-3H3,(H,31,38). The maximum atomic E-state index is 13.2. The van der Waals surface area contributed by atoms with Crippen molar-refractivity contribution in [1.29, 1.82) is 0 Å². The fourth-order valence-electron chi connectivity index (χ4n) is 4.64. The maximum absolute atomic E-state index is 13.2. The molecule has 5 heterocycles. The number of hydrogen-bond donors (Lipinski definition) is 1. The third-order valence-electron chi connectivity index (χ3n) is 6.83. The number of anilines is 1. The lowest BCUT2D eigenvalue weighted by atomic mass is 10.1. The third-order valence-corrected chi connectivity index (χ3v) is 7.72. The van der Waals surface area contributed by atoms with Gasteiger partial charge in [0.1, 0.15) is 22.9 Å². The summed E-state index contributed by atoms with van der Waals surface area (Å²) in [7, 11) is 0. The lowest BCUT2D eigenvalue weighted by molar-refractivity contribution is 0.0142. The van der Waals surface area contributed by atoms with Gasteiger partial charge in [0.25, 0.3) is 5.91 Å². The topological polar surface area (TPSA) is 141 Å². The van der Waals surface area contributed by atoms with Crippen LogP contribution in [-0.2, 0) is 16.0 Å². The second kappa shape index (κ2) is 13.6. The van der Waals surface area contributed by atoms with Crippen molar-refractivity contribution >= 4 is 34.8 Å². The van der Waals surface area contributed by atoms with Gasteiger partial charge in [0.15, 0.2) is 11.5 Å². The molecule has 2 aliphatic heterocycles. The summed E-state index contributed by atoms with van der Waals surface area (Å²) < 4.78 is 18.5. The zero-order chi connectivity index (χ0) is 30.4. The van der Waals surface area contributed by atoms with Crippen LogP contribution in [0.2, 0.25) is 0 Å². The fraction of sp³-hybridized carbons (Fsp3) is 0.517. The second-order valence-electron chi connectivity index (χ2n) is 11.3. The molecule has 1 fully saturated rings. The molecule has 0 aromatic carbocycles. The number of ether oxygens (including phenoxy) is 3. The molecule has 0 aliphatic carbocycles. The van der Waals surface area contributed by atoms with Gasteiger partial charge in [-0.3, -0.25) is 19.2 Å². The second-order valence-corrected chi connectivity index (χ2v) is 12.2. The van der Waals surface area contributed by atoms with Crippen molar-refractivity contribution in [3.63, 3.8) is 0 Å². The van der Waals surface area contributed by atoms with Gasteiger partial charge in [-0.15, -0.1) is 11.3 Å². The maximum Gasteiger partial charge on any atom is 0.410 e. The molecule has 1 N–H and O–H groups in total. The highest BCUT2D eigenvalue weighted by Gasteiger charge is 2.26. The first kappa shape index (κ1) is 30.6. The highest BCUT2D eigenvalue weighted by Crippen LogP contribution is 2.27. The van der Waals surface area contributed by atoms with Crippen molar-refractivity contribution in [2.45, 2.75) is 45.8 Å². The Morgan fingerprint density at radius 3 is 2.72 bits per heavy atom. The quantitative estimate of drug-likeness (QED) is 0.467. The number of ketones is 1. The number of nitrogens with one attached hydrogen (secondary N) is 1. The highest BCUT2D eigenvalue weighted by atomic mass is 32.1. The number of aromatic nitrogens is 4. The van der Waals surface area contributed by atoms with Gasteiger partial charge < -0.3 is 24.4 Å². The van der Waals surface area contributed by atoms with E-state index in [0.717, 1.165) is 5.56 Å². The van der Waals surface area contributed by atoms with Gasteiger partial charge in [-0.25, -0.2) is 14.8 Å². The average Bonchev–Trinajstić information content (AvgIpc) is 3.63. The summed E-state index contributed by atoms with van der Waals surface area (Å²) in [5.41, 5.74) is 1.05. The van der Waals surface area contributed by atoms with E-state index in [1.807, 2.05) is 20.8 Å². The van der Waals surface area contributed by atoms with Crippen LogP contribution in [0.3, 0.4) is 0 Å². The van der Waals surface area contributed by atoms with Crippen LogP contribution in [0.15, 0.2) is 29.9 Å². The van der Waals surface area contributed by atoms with Crippen LogP contribution in [-0.4, -0.2) is 105 Å². The Morgan fingerprint density at radius 2 is 1.93 bits per heavy atom. The molecule has 0 spiro atoms. The van der Waals surface area contributed by atoms with E-state index in [9.17, 15) is 14.4 Å². The van der Waals surface area contributed by atoms with Crippen LogP contribution in [0.5, 0.6) is 5.88 Å². The SMILES string of the molecule is CC(C)(C)OC(=O)N1CCN(CCn2cc3c(n2)C(=O)CCCOCCOc2cc(ccn2)-c2nc(cs2)C(=O)N3)CC1. The van der Waals surface area contributed by atoms with Crippen molar-refractivity contribution < 1.29 is 28.6 Å². The Kier molecular flexibility index (Phi) is 9.68. The number of hydrogen-bond acceptors (Lipinski definition) is 11. The number of nitrogens with zero attached hydrogens (tertiary/aromatic N) is 6. The Labute approximate surface area is 254 Å². The van der Waals surface area contributed by atoms with Crippen molar-refractivity contribution in [2.24, 2.45) is 0 Å². The molecule has 2 amide bonds. The Balaban J connectivity index is 1.26. The summed E-state index contributed by atoms with van der Waals surface area (Å²) in [6.45, 7) is 10.4. The van der Waals surface area contributed by atoms with Crippen LogP contribution in [0.4, 0.5) is 10.5 Å². The van der Waals surface area contributed by atoms with Gasteiger partial charge in [-0.2, -0.15) is 5.10 Å². The normalized spacial score (nSPS) is 17.3. The largest absolute Gasteiger partial charge is 0.475 e. The molecule has 0 atom stereocenters. The molecule has 0 saturated carbocycles. The summed E-state index contributed by atoms with van der Waals surface area (Å²) in [6, 6.07) is 3.59. The predicted molar refractivity (Wildman–Crippen MR) is 160 cm³/mol. The van der Waals surface area contributed by atoms with E-state index in [2.05, 4.69) is 25.3 Å². The Morgan fingerprint density at radius 1 is 1.12 bits per heavy atom. The van der Waals surface area contributed by atoms with Crippen molar-refractivity contribution in [2.75, 3.05) is 57.9 Å². The first-order valence-electron chi connectivity index (χ1n) is 14.4. The van der Waals surface area contributed by atoms with E-state index < -0.39 is 11.5 Å². The van der Waals surface area contributed by atoms with E-state index in [0.29, 0.717) is 82.1 Å². The number of carbonyl (C=O) groups excluding carboxylic acids is 3. The molecule has 2 aliphatic rings. The summed E-state index contributed by atoms with van der Waals surface area (Å²) in [6.07, 6.45) is 3.75. The number of piperazine rings is 1. The van der Waals surface area contributed by atoms with E-state index >= 15 is 0 Å².